The summed E-state index contributed by atoms with van der Waals surface area (Å²) >= 11 is 5.85. The van der Waals surface area contributed by atoms with Gasteiger partial charge in [-0.2, -0.15) is 0 Å². The lowest BCUT2D eigenvalue weighted by atomic mass is 9.94. The average molecular weight is 284 g/mol. The Kier molecular flexibility index (Phi) is 5.36. The Hall–Kier alpha value is -1.55. The number of benzene rings is 1. The van der Waals surface area contributed by atoms with Crippen LogP contribution in [0.25, 0.3) is 0 Å². The van der Waals surface area contributed by atoms with Crippen molar-refractivity contribution in [1.82, 2.24) is 5.32 Å². The van der Waals surface area contributed by atoms with Crippen molar-refractivity contribution in [3.8, 4) is 0 Å². The summed E-state index contributed by atoms with van der Waals surface area (Å²) < 4.78 is 0. The van der Waals surface area contributed by atoms with Gasteiger partial charge in [-0.15, -0.1) is 0 Å². The standard InChI is InChI=1S/C14H18ClNO3/c1-3-14(2,9-13(18)19)16-12(17)8-10-5-4-6-11(15)7-10/h4-7H,3,8-9H2,1-2H3,(H,16,17)(H,18,19)/t14-/m0/s1. The first kappa shape index (κ1) is 15.5. The van der Waals surface area contributed by atoms with Crippen molar-refractivity contribution in [3.63, 3.8) is 0 Å². The summed E-state index contributed by atoms with van der Waals surface area (Å²) in [5.41, 5.74) is 0.0837. The summed E-state index contributed by atoms with van der Waals surface area (Å²) in [7, 11) is 0. The largest absolute Gasteiger partial charge is 0.481 e. The molecule has 0 spiro atoms. The molecule has 0 bridgehead atoms. The SMILES string of the molecule is CC[C@@](C)(CC(=O)O)NC(=O)Cc1cccc(Cl)c1. The molecule has 0 aliphatic carbocycles. The second-order valence-corrected chi connectivity index (χ2v) is 5.28. The maximum atomic E-state index is 11.9. The van der Waals surface area contributed by atoms with E-state index in [1.54, 1.807) is 25.1 Å². The van der Waals surface area contributed by atoms with E-state index in [0.29, 0.717) is 11.4 Å². The van der Waals surface area contributed by atoms with E-state index >= 15 is 0 Å². The van der Waals surface area contributed by atoms with Gasteiger partial charge in [-0.3, -0.25) is 9.59 Å². The van der Waals surface area contributed by atoms with Gasteiger partial charge < -0.3 is 10.4 Å². The third-order valence-corrected chi connectivity index (χ3v) is 3.25. The van der Waals surface area contributed by atoms with E-state index in [9.17, 15) is 9.59 Å². The molecule has 0 saturated carbocycles. The van der Waals surface area contributed by atoms with Crippen LogP contribution in [0.5, 0.6) is 0 Å². The third kappa shape index (κ3) is 5.30. The van der Waals surface area contributed by atoms with Crippen LogP contribution in [0.3, 0.4) is 0 Å². The van der Waals surface area contributed by atoms with Crippen LogP contribution in [-0.4, -0.2) is 22.5 Å². The Morgan fingerprint density at radius 3 is 2.63 bits per heavy atom. The van der Waals surface area contributed by atoms with Gasteiger partial charge >= 0.3 is 5.97 Å². The van der Waals surface area contributed by atoms with Crippen molar-refractivity contribution in [3.05, 3.63) is 34.9 Å². The number of carbonyl (C=O) groups excluding carboxylic acids is 1. The highest BCUT2D eigenvalue weighted by atomic mass is 35.5. The first-order valence-corrected chi connectivity index (χ1v) is 6.50. The molecule has 1 atom stereocenters. The van der Waals surface area contributed by atoms with Crippen molar-refractivity contribution in [1.29, 1.82) is 0 Å². The highest BCUT2D eigenvalue weighted by molar-refractivity contribution is 6.30. The molecule has 0 aromatic heterocycles. The number of aliphatic carboxylic acids is 1. The van der Waals surface area contributed by atoms with E-state index in [-0.39, 0.29) is 18.7 Å². The number of carbonyl (C=O) groups is 2. The van der Waals surface area contributed by atoms with Gasteiger partial charge in [0.25, 0.3) is 0 Å². The molecule has 0 heterocycles. The Morgan fingerprint density at radius 2 is 2.11 bits per heavy atom. The van der Waals surface area contributed by atoms with Gasteiger partial charge in [0.1, 0.15) is 0 Å². The van der Waals surface area contributed by atoms with Crippen LogP contribution in [0.2, 0.25) is 5.02 Å². The van der Waals surface area contributed by atoms with Crippen LogP contribution >= 0.6 is 11.6 Å². The van der Waals surface area contributed by atoms with Crippen molar-refractivity contribution < 1.29 is 14.7 Å². The Bertz CT molecular complexity index is 476. The zero-order valence-electron chi connectivity index (χ0n) is 11.1. The zero-order valence-corrected chi connectivity index (χ0v) is 11.8. The normalized spacial score (nSPS) is 13.6. The molecule has 1 rings (SSSR count). The third-order valence-electron chi connectivity index (χ3n) is 3.02. The Morgan fingerprint density at radius 1 is 1.42 bits per heavy atom. The molecule has 5 heteroatoms. The quantitative estimate of drug-likeness (QED) is 0.843. The van der Waals surface area contributed by atoms with Gasteiger partial charge in [-0.05, 0) is 31.0 Å². The first-order valence-electron chi connectivity index (χ1n) is 6.12. The maximum absolute atomic E-state index is 11.9. The van der Waals surface area contributed by atoms with E-state index in [1.165, 1.54) is 0 Å². The summed E-state index contributed by atoms with van der Waals surface area (Å²) in [5.74, 6) is -1.12. The lowest BCUT2D eigenvalue weighted by molar-refractivity contribution is -0.139. The first-order chi connectivity index (χ1) is 8.84. The van der Waals surface area contributed by atoms with Gasteiger partial charge in [-0.1, -0.05) is 30.7 Å². The predicted molar refractivity (Wildman–Crippen MR) is 74.2 cm³/mol. The number of amides is 1. The second kappa shape index (κ2) is 6.57. The highest BCUT2D eigenvalue weighted by Crippen LogP contribution is 2.16. The van der Waals surface area contributed by atoms with Crippen molar-refractivity contribution >= 4 is 23.5 Å². The van der Waals surface area contributed by atoms with Gasteiger partial charge in [-0.25, -0.2) is 0 Å². The van der Waals surface area contributed by atoms with Crippen LogP contribution in [0.4, 0.5) is 0 Å². The molecule has 2 N–H and O–H groups in total. The number of carboxylic acid groups (broad SMARTS) is 1. The number of hydrogen-bond donors (Lipinski definition) is 2. The lowest BCUT2D eigenvalue weighted by Crippen LogP contribution is -2.47. The van der Waals surface area contributed by atoms with E-state index in [0.717, 1.165) is 5.56 Å². The zero-order chi connectivity index (χ0) is 14.5. The number of rotatable bonds is 6. The molecule has 1 aromatic carbocycles. The minimum atomic E-state index is -0.924. The van der Waals surface area contributed by atoms with E-state index < -0.39 is 11.5 Å². The molecule has 0 fully saturated rings. The number of halogens is 1. The van der Waals surface area contributed by atoms with Crippen LogP contribution in [-0.2, 0) is 16.0 Å². The molecular weight excluding hydrogens is 266 g/mol. The van der Waals surface area contributed by atoms with Crippen LogP contribution < -0.4 is 5.32 Å². The van der Waals surface area contributed by atoms with Crippen molar-refractivity contribution in [2.45, 2.75) is 38.6 Å². The molecule has 4 nitrogen and oxygen atoms in total. The fraction of sp³-hybridized carbons (Fsp3) is 0.429. The molecule has 0 aliphatic rings. The van der Waals surface area contributed by atoms with Crippen molar-refractivity contribution in [2.24, 2.45) is 0 Å². The predicted octanol–water partition coefficient (Wildman–Crippen LogP) is 2.64. The monoisotopic (exact) mass is 283 g/mol. The van der Waals surface area contributed by atoms with E-state index in [4.69, 9.17) is 16.7 Å². The molecule has 104 valence electrons. The maximum Gasteiger partial charge on any atom is 0.305 e. The molecular formula is C14H18ClNO3. The molecule has 0 aliphatic heterocycles. The molecule has 1 amide bonds. The lowest BCUT2D eigenvalue weighted by Gasteiger charge is -2.28. The fourth-order valence-corrected chi connectivity index (χ4v) is 2.02. The van der Waals surface area contributed by atoms with Gasteiger partial charge in [0.05, 0.1) is 12.8 Å². The van der Waals surface area contributed by atoms with Crippen LogP contribution in [0.15, 0.2) is 24.3 Å². The van der Waals surface area contributed by atoms with E-state index in [1.807, 2.05) is 13.0 Å². The second-order valence-electron chi connectivity index (χ2n) is 4.84. The van der Waals surface area contributed by atoms with Gasteiger partial charge in [0.15, 0.2) is 0 Å². The fourth-order valence-electron chi connectivity index (χ4n) is 1.80. The molecule has 1 aromatic rings. The average Bonchev–Trinajstić information content (AvgIpc) is 2.27. The Balaban J connectivity index is 2.66. The minimum Gasteiger partial charge on any atom is -0.481 e. The smallest absolute Gasteiger partial charge is 0.305 e. The van der Waals surface area contributed by atoms with Crippen LogP contribution in [0.1, 0.15) is 32.3 Å². The molecule has 19 heavy (non-hydrogen) atoms. The minimum absolute atomic E-state index is 0.0925. The van der Waals surface area contributed by atoms with Crippen molar-refractivity contribution in [2.75, 3.05) is 0 Å². The summed E-state index contributed by atoms with van der Waals surface area (Å²) in [5, 5.41) is 12.2. The Labute approximate surface area is 117 Å². The summed E-state index contributed by atoms with van der Waals surface area (Å²) in [6, 6.07) is 7.05. The van der Waals surface area contributed by atoms with E-state index in [2.05, 4.69) is 5.32 Å². The van der Waals surface area contributed by atoms with Gasteiger partial charge in [0, 0.05) is 10.6 Å². The molecule has 0 radical (unpaired) electrons. The number of nitrogens with one attached hydrogen (secondary N) is 1. The topological polar surface area (TPSA) is 66.4 Å². The molecule has 0 saturated heterocycles. The van der Waals surface area contributed by atoms with Crippen LogP contribution in [0, 0.1) is 0 Å². The number of hydrogen-bond acceptors (Lipinski definition) is 2. The van der Waals surface area contributed by atoms with Gasteiger partial charge in [0.2, 0.25) is 5.91 Å². The summed E-state index contributed by atoms with van der Waals surface area (Å²) in [6.07, 6.45) is 0.654. The highest BCUT2D eigenvalue weighted by Gasteiger charge is 2.27. The number of carboxylic acids is 1. The summed E-state index contributed by atoms with van der Waals surface area (Å²) in [6.45, 7) is 3.58. The molecule has 0 unspecified atom stereocenters. The summed E-state index contributed by atoms with van der Waals surface area (Å²) in [4.78, 5) is 22.7.